The zero-order valence-corrected chi connectivity index (χ0v) is 7.91. The van der Waals surface area contributed by atoms with Crippen LogP contribution in [0.15, 0.2) is 12.3 Å². The van der Waals surface area contributed by atoms with Gasteiger partial charge in [-0.15, -0.1) is 11.6 Å². The van der Waals surface area contributed by atoms with E-state index >= 15 is 0 Å². The highest BCUT2D eigenvalue weighted by molar-refractivity contribution is 6.17. The Bertz CT molecular complexity index is 349. The summed E-state index contributed by atoms with van der Waals surface area (Å²) in [6.07, 6.45) is -7.01. The summed E-state index contributed by atoms with van der Waals surface area (Å²) in [5.41, 5.74) is -2.38. The average molecular weight is 246 g/mol. The van der Waals surface area contributed by atoms with Crippen LogP contribution in [0.3, 0.4) is 0 Å². The first kappa shape index (κ1) is 12.2. The molecule has 1 aromatic heterocycles. The second-order valence-electron chi connectivity index (χ2n) is 2.70. The molecule has 0 atom stereocenters. The van der Waals surface area contributed by atoms with E-state index in [1.807, 2.05) is 0 Å². The van der Waals surface area contributed by atoms with Gasteiger partial charge >= 0.3 is 6.18 Å². The molecule has 0 saturated carbocycles. The summed E-state index contributed by atoms with van der Waals surface area (Å²) in [7, 11) is 0. The van der Waals surface area contributed by atoms with E-state index in [4.69, 9.17) is 11.6 Å². The second-order valence-corrected chi connectivity index (χ2v) is 2.97. The van der Waals surface area contributed by atoms with Crippen molar-refractivity contribution in [1.82, 2.24) is 4.98 Å². The van der Waals surface area contributed by atoms with Crippen LogP contribution in [-0.2, 0) is 12.1 Å². The quantitative estimate of drug-likeness (QED) is 0.571. The highest BCUT2D eigenvalue weighted by Crippen LogP contribution is 2.34. The number of pyridine rings is 1. The fraction of sp³-hybridized carbons (Fsp3) is 0.375. The van der Waals surface area contributed by atoms with Crippen molar-refractivity contribution in [2.75, 3.05) is 0 Å². The van der Waals surface area contributed by atoms with Crippen molar-refractivity contribution in [2.24, 2.45) is 0 Å². The van der Waals surface area contributed by atoms with Crippen LogP contribution in [0.25, 0.3) is 0 Å². The van der Waals surface area contributed by atoms with Gasteiger partial charge < -0.3 is 0 Å². The molecule has 0 aliphatic heterocycles. The van der Waals surface area contributed by atoms with Gasteiger partial charge in [-0.1, -0.05) is 0 Å². The molecule has 0 aliphatic rings. The van der Waals surface area contributed by atoms with Gasteiger partial charge in [0.15, 0.2) is 0 Å². The van der Waals surface area contributed by atoms with Crippen molar-refractivity contribution in [3.63, 3.8) is 0 Å². The highest BCUT2D eigenvalue weighted by Gasteiger charge is 2.34. The van der Waals surface area contributed by atoms with Crippen LogP contribution >= 0.6 is 11.6 Å². The van der Waals surface area contributed by atoms with Gasteiger partial charge in [-0.2, -0.15) is 13.2 Å². The van der Waals surface area contributed by atoms with E-state index in [9.17, 15) is 22.0 Å². The number of nitrogens with zero attached hydrogens (tertiary/aromatic N) is 1. The number of alkyl halides is 6. The molecule has 0 aliphatic carbocycles. The third-order valence-corrected chi connectivity index (χ3v) is 1.97. The van der Waals surface area contributed by atoms with E-state index < -0.39 is 29.7 Å². The Kier molecular flexibility index (Phi) is 3.49. The Balaban J connectivity index is 3.26. The fourth-order valence-corrected chi connectivity index (χ4v) is 1.20. The lowest BCUT2D eigenvalue weighted by Gasteiger charge is -2.11. The van der Waals surface area contributed by atoms with Gasteiger partial charge in [-0.05, 0) is 11.6 Å². The summed E-state index contributed by atoms with van der Waals surface area (Å²) >= 11 is 5.24. The number of hydrogen-bond donors (Lipinski definition) is 0. The molecule has 1 aromatic rings. The molecular formula is C8H5ClF5N. The summed E-state index contributed by atoms with van der Waals surface area (Å²) in [6.45, 7) is 0. The lowest BCUT2D eigenvalue weighted by molar-refractivity contribution is -0.138. The molecule has 15 heavy (non-hydrogen) atoms. The van der Waals surface area contributed by atoms with Crippen molar-refractivity contribution in [3.8, 4) is 0 Å². The summed E-state index contributed by atoms with van der Waals surface area (Å²) in [4.78, 5) is 3.19. The Morgan fingerprint density at radius 1 is 1.33 bits per heavy atom. The van der Waals surface area contributed by atoms with E-state index in [-0.39, 0.29) is 5.56 Å². The zero-order chi connectivity index (χ0) is 11.6. The van der Waals surface area contributed by atoms with Crippen LogP contribution in [0, 0.1) is 0 Å². The molecule has 0 saturated heterocycles. The molecule has 0 unspecified atom stereocenters. The molecule has 0 aromatic carbocycles. The molecule has 0 bridgehead atoms. The average Bonchev–Trinajstić information content (AvgIpc) is 2.15. The monoisotopic (exact) mass is 245 g/mol. The number of halogens is 6. The van der Waals surface area contributed by atoms with E-state index in [2.05, 4.69) is 4.98 Å². The Labute approximate surface area is 86.9 Å². The number of aromatic nitrogens is 1. The number of hydrogen-bond acceptors (Lipinski definition) is 1. The van der Waals surface area contributed by atoms with Gasteiger partial charge in [0.2, 0.25) is 0 Å². The normalized spacial score (nSPS) is 12.2. The molecule has 84 valence electrons. The predicted molar refractivity (Wildman–Crippen MR) is 43.8 cm³/mol. The molecule has 0 fully saturated rings. The van der Waals surface area contributed by atoms with E-state index in [1.54, 1.807) is 0 Å². The maximum absolute atomic E-state index is 12.3. The summed E-state index contributed by atoms with van der Waals surface area (Å²) in [5, 5.41) is 0. The third kappa shape index (κ3) is 2.77. The van der Waals surface area contributed by atoms with Crippen molar-refractivity contribution in [1.29, 1.82) is 0 Å². The van der Waals surface area contributed by atoms with E-state index in [0.29, 0.717) is 6.07 Å². The van der Waals surface area contributed by atoms with Crippen molar-refractivity contribution in [2.45, 2.75) is 18.5 Å². The first-order valence-corrected chi connectivity index (χ1v) is 4.30. The molecule has 1 heterocycles. The van der Waals surface area contributed by atoms with Gasteiger partial charge in [-0.25, -0.2) is 8.78 Å². The maximum Gasteiger partial charge on any atom is 0.416 e. The Morgan fingerprint density at radius 3 is 2.33 bits per heavy atom. The van der Waals surface area contributed by atoms with Crippen LogP contribution in [0.2, 0.25) is 0 Å². The van der Waals surface area contributed by atoms with Crippen molar-refractivity contribution in [3.05, 3.63) is 29.1 Å². The van der Waals surface area contributed by atoms with Crippen LogP contribution in [-0.4, -0.2) is 4.98 Å². The first-order chi connectivity index (χ1) is 6.86. The van der Waals surface area contributed by atoms with Crippen LogP contribution in [0.4, 0.5) is 22.0 Å². The third-order valence-electron chi connectivity index (χ3n) is 1.68. The zero-order valence-electron chi connectivity index (χ0n) is 7.15. The molecule has 1 rings (SSSR count). The number of rotatable bonds is 2. The minimum Gasteiger partial charge on any atom is -0.255 e. The van der Waals surface area contributed by atoms with Crippen molar-refractivity contribution < 1.29 is 22.0 Å². The lowest BCUT2D eigenvalue weighted by atomic mass is 10.1. The first-order valence-electron chi connectivity index (χ1n) is 3.76. The smallest absolute Gasteiger partial charge is 0.255 e. The lowest BCUT2D eigenvalue weighted by Crippen LogP contribution is -2.10. The second kappa shape index (κ2) is 4.30. The van der Waals surface area contributed by atoms with E-state index in [1.165, 1.54) is 0 Å². The summed E-state index contributed by atoms with van der Waals surface area (Å²) in [5.74, 6) is -0.425. The predicted octanol–water partition coefficient (Wildman–Crippen LogP) is 3.78. The molecule has 0 radical (unpaired) electrons. The molecule has 7 heteroatoms. The van der Waals surface area contributed by atoms with Crippen molar-refractivity contribution >= 4 is 11.6 Å². The van der Waals surface area contributed by atoms with Crippen LogP contribution in [0.5, 0.6) is 0 Å². The topological polar surface area (TPSA) is 12.9 Å². The van der Waals surface area contributed by atoms with Gasteiger partial charge in [0, 0.05) is 12.1 Å². The summed E-state index contributed by atoms with van der Waals surface area (Å²) in [6, 6.07) is 0.322. The Morgan fingerprint density at radius 2 is 1.93 bits per heavy atom. The van der Waals surface area contributed by atoms with Gasteiger partial charge in [0.05, 0.1) is 5.56 Å². The van der Waals surface area contributed by atoms with Gasteiger partial charge in [0.1, 0.15) is 5.69 Å². The Hall–Kier alpha value is -0.910. The maximum atomic E-state index is 12.3. The molecular weight excluding hydrogens is 241 g/mol. The van der Waals surface area contributed by atoms with Crippen LogP contribution < -0.4 is 0 Å². The minimum absolute atomic E-state index is 0.312. The molecule has 0 N–H and O–H groups in total. The fourth-order valence-electron chi connectivity index (χ4n) is 0.990. The highest BCUT2D eigenvalue weighted by atomic mass is 35.5. The molecule has 0 amide bonds. The van der Waals surface area contributed by atoms with Crippen LogP contribution in [0.1, 0.15) is 23.2 Å². The summed E-state index contributed by atoms with van der Waals surface area (Å²) < 4.78 is 61.3. The largest absolute Gasteiger partial charge is 0.416 e. The molecule has 0 spiro atoms. The molecule has 1 nitrogen and oxygen atoms in total. The van der Waals surface area contributed by atoms with E-state index in [0.717, 1.165) is 6.20 Å². The standard InChI is InChI=1S/C8H5ClF5N/c9-2-4-3-15-6(7(10)11)1-5(4)8(12,13)14/h1,3,7H,2H2. The van der Waals surface area contributed by atoms with Gasteiger partial charge in [0.25, 0.3) is 6.43 Å². The van der Waals surface area contributed by atoms with Gasteiger partial charge in [-0.3, -0.25) is 4.98 Å². The SMILES string of the molecule is FC(F)c1cc(C(F)(F)F)c(CCl)cn1. The minimum atomic E-state index is -4.70.